The second-order valence-electron chi connectivity index (χ2n) is 5.35. The van der Waals surface area contributed by atoms with Gasteiger partial charge in [-0.2, -0.15) is 22.0 Å². The molecule has 0 saturated carbocycles. The lowest BCUT2D eigenvalue weighted by molar-refractivity contribution is -0.290. The molecule has 0 aromatic carbocycles. The van der Waals surface area contributed by atoms with E-state index in [1.165, 1.54) is 36.8 Å². The Labute approximate surface area is 145 Å². The Balaban J connectivity index is 1.95. The van der Waals surface area contributed by atoms with E-state index in [1.807, 2.05) is 0 Å². The molecule has 1 N–H and O–H groups in total. The molecule has 0 radical (unpaired) electrons. The molecule has 2 heterocycles. The van der Waals surface area contributed by atoms with Crippen molar-refractivity contribution < 1.29 is 31.5 Å². The van der Waals surface area contributed by atoms with E-state index in [0.29, 0.717) is 11.1 Å². The van der Waals surface area contributed by atoms with Crippen LogP contribution in [0.5, 0.6) is 5.88 Å². The van der Waals surface area contributed by atoms with Crippen molar-refractivity contribution >= 4 is 5.91 Å². The van der Waals surface area contributed by atoms with Crippen molar-refractivity contribution in [2.24, 2.45) is 0 Å². The maximum atomic E-state index is 12.8. The van der Waals surface area contributed by atoms with E-state index in [-0.39, 0.29) is 11.8 Å². The highest BCUT2D eigenvalue weighted by atomic mass is 19.4. The lowest BCUT2D eigenvalue weighted by atomic mass is 10.1. The average Bonchev–Trinajstić information content (AvgIpc) is 2.60. The first-order chi connectivity index (χ1) is 12.1. The van der Waals surface area contributed by atoms with Crippen molar-refractivity contribution in [1.82, 2.24) is 15.3 Å². The Kier molecular flexibility index (Phi) is 5.73. The molecule has 1 amide bonds. The van der Waals surface area contributed by atoms with Crippen LogP contribution in [0.15, 0.2) is 42.9 Å². The predicted molar refractivity (Wildman–Crippen MR) is 80.9 cm³/mol. The summed E-state index contributed by atoms with van der Waals surface area (Å²) in [5.74, 6) is -5.71. The fourth-order valence-electron chi connectivity index (χ4n) is 1.85. The number of halogens is 5. The van der Waals surface area contributed by atoms with Gasteiger partial charge in [-0.05, 0) is 24.6 Å². The molecule has 0 aliphatic heterocycles. The Bertz CT molecular complexity index is 736. The minimum absolute atomic E-state index is 0.356. The third-order valence-corrected chi connectivity index (χ3v) is 3.37. The van der Waals surface area contributed by atoms with Crippen molar-refractivity contribution in [3.63, 3.8) is 0 Å². The van der Waals surface area contributed by atoms with E-state index >= 15 is 0 Å². The largest absolute Gasteiger partial charge is 0.471 e. The number of nitrogens with one attached hydrogen (secondary N) is 1. The minimum Gasteiger partial charge on any atom is -0.471 e. The third kappa shape index (κ3) is 4.87. The second-order valence-corrected chi connectivity index (χ2v) is 5.35. The fourth-order valence-corrected chi connectivity index (χ4v) is 1.85. The van der Waals surface area contributed by atoms with Crippen molar-refractivity contribution in [3.8, 4) is 5.88 Å². The highest BCUT2D eigenvalue weighted by molar-refractivity contribution is 5.94. The number of rotatable bonds is 6. The molecular formula is C16H14F5N3O2. The van der Waals surface area contributed by atoms with Gasteiger partial charge in [-0.15, -0.1) is 0 Å². The number of carbonyl (C=O) groups excluding carboxylic acids is 1. The molecule has 0 spiro atoms. The molecule has 5 nitrogen and oxygen atoms in total. The molecule has 0 aliphatic carbocycles. The summed E-state index contributed by atoms with van der Waals surface area (Å²) in [5.41, 5.74) is 0.913. The lowest BCUT2D eigenvalue weighted by Gasteiger charge is -2.19. The standard InChI is InChI=1S/C16H14F5N3O2/c1-10(24-14(25)11-4-6-22-7-5-11)12-2-3-13(23-8-12)26-9-15(17,18)16(19,20)21/h2-8,10H,9H2,1H3,(H,24,25). The van der Waals surface area contributed by atoms with E-state index in [9.17, 15) is 26.7 Å². The molecule has 2 aromatic rings. The van der Waals surface area contributed by atoms with Gasteiger partial charge in [0.1, 0.15) is 0 Å². The van der Waals surface area contributed by atoms with Gasteiger partial charge in [-0.1, -0.05) is 6.07 Å². The Morgan fingerprint density at radius 1 is 1.15 bits per heavy atom. The van der Waals surface area contributed by atoms with Gasteiger partial charge in [-0.3, -0.25) is 9.78 Å². The van der Waals surface area contributed by atoms with Crippen LogP contribution in [0, 0.1) is 0 Å². The number of hydrogen-bond donors (Lipinski definition) is 1. The van der Waals surface area contributed by atoms with E-state index in [4.69, 9.17) is 0 Å². The molecular weight excluding hydrogens is 361 g/mol. The van der Waals surface area contributed by atoms with Gasteiger partial charge in [0.2, 0.25) is 5.88 Å². The van der Waals surface area contributed by atoms with Gasteiger partial charge in [0.25, 0.3) is 5.91 Å². The van der Waals surface area contributed by atoms with Gasteiger partial charge in [0.05, 0.1) is 6.04 Å². The van der Waals surface area contributed by atoms with Gasteiger partial charge in [-0.25, -0.2) is 4.98 Å². The van der Waals surface area contributed by atoms with Crippen LogP contribution in [-0.2, 0) is 0 Å². The van der Waals surface area contributed by atoms with Crippen LogP contribution in [0.25, 0.3) is 0 Å². The van der Waals surface area contributed by atoms with Gasteiger partial charge in [0.15, 0.2) is 6.61 Å². The van der Waals surface area contributed by atoms with E-state index in [0.717, 1.165) is 6.07 Å². The SMILES string of the molecule is CC(NC(=O)c1ccncc1)c1ccc(OCC(F)(F)C(F)(F)F)nc1. The maximum Gasteiger partial charge on any atom is 0.456 e. The smallest absolute Gasteiger partial charge is 0.456 e. The van der Waals surface area contributed by atoms with Gasteiger partial charge >= 0.3 is 12.1 Å². The lowest BCUT2D eigenvalue weighted by Crippen LogP contribution is -2.41. The van der Waals surface area contributed by atoms with Crippen molar-refractivity contribution in [2.45, 2.75) is 25.1 Å². The number of amides is 1. The van der Waals surface area contributed by atoms with Crippen LogP contribution in [0.2, 0.25) is 0 Å². The number of carbonyl (C=O) groups is 1. The molecule has 2 aromatic heterocycles. The zero-order valence-corrected chi connectivity index (χ0v) is 13.4. The highest BCUT2D eigenvalue weighted by Crippen LogP contribution is 2.35. The minimum atomic E-state index is -5.70. The van der Waals surface area contributed by atoms with Crippen molar-refractivity contribution in [3.05, 3.63) is 54.0 Å². The number of hydrogen-bond acceptors (Lipinski definition) is 4. The van der Waals surface area contributed by atoms with Crippen LogP contribution < -0.4 is 10.1 Å². The normalized spacial score (nSPS) is 13.2. The van der Waals surface area contributed by atoms with E-state index in [1.54, 1.807) is 6.92 Å². The molecule has 0 fully saturated rings. The molecule has 0 aliphatic rings. The van der Waals surface area contributed by atoms with Crippen LogP contribution in [0.3, 0.4) is 0 Å². The van der Waals surface area contributed by atoms with Gasteiger partial charge in [0, 0.05) is 30.2 Å². The summed E-state index contributed by atoms with van der Waals surface area (Å²) in [6.45, 7) is -0.203. The molecule has 140 valence electrons. The molecule has 2 rings (SSSR count). The molecule has 1 atom stereocenters. The Morgan fingerprint density at radius 3 is 2.35 bits per heavy atom. The molecule has 10 heteroatoms. The maximum absolute atomic E-state index is 12.8. The number of pyridine rings is 2. The number of alkyl halides is 5. The Morgan fingerprint density at radius 2 is 1.81 bits per heavy atom. The first-order valence-electron chi connectivity index (χ1n) is 7.34. The first kappa shape index (κ1) is 19.5. The Hall–Kier alpha value is -2.78. The molecule has 1 unspecified atom stereocenters. The van der Waals surface area contributed by atoms with Crippen LogP contribution in [0.1, 0.15) is 28.9 Å². The summed E-state index contributed by atoms with van der Waals surface area (Å²) < 4.78 is 66.2. The summed E-state index contributed by atoms with van der Waals surface area (Å²) in [4.78, 5) is 19.5. The summed E-state index contributed by atoms with van der Waals surface area (Å²) >= 11 is 0. The molecule has 0 saturated heterocycles. The second kappa shape index (κ2) is 7.63. The summed E-state index contributed by atoms with van der Waals surface area (Å²) in [6, 6.07) is 5.13. The number of nitrogens with zero attached hydrogens (tertiary/aromatic N) is 2. The number of ether oxygens (including phenoxy) is 1. The molecule has 0 bridgehead atoms. The van der Waals surface area contributed by atoms with Crippen molar-refractivity contribution in [1.29, 1.82) is 0 Å². The third-order valence-electron chi connectivity index (χ3n) is 3.37. The van der Waals surface area contributed by atoms with Crippen LogP contribution in [0.4, 0.5) is 22.0 Å². The van der Waals surface area contributed by atoms with E-state index < -0.39 is 24.7 Å². The highest BCUT2D eigenvalue weighted by Gasteiger charge is 2.58. The predicted octanol–water partition coefficient (Wildman–Crippen LogP) is 3.54. The quantitative estimate of drug-likeness (QED) is 0.785. The van der Waals surface area contributed by atoms with Crippen molar-refractivity contribution in [2.75, 3.05) is 6.61 Å². The summed E-state index contributed by atoms with van der Waals surface area (Å²) in [7, 11) is 0. The molecule has 26 heavy (non-hydrogen) atoms. The monoisotopic (exact) mass is 375 g/mol. The number of aromatic nitrogens is 2. The van der Waals surface area contributed by atoms with E-state index in [2.05, 4.69) is 20.0 Å². The zero-order valence-electron chi connectivity index (χ0n) is 13.4. The van der Waals surface area contributed by atoms with Gasteiger partial charge < -0.3 is 10.1 Å². The fraction of sp³-hybridized carbons (Fsp3) is 0.312. The summed E-state index contributed by atoms with van der Waals surface area (Å²) in [5, 5.41) is 2.69. The first-order valence-corrected chi connectivity index (χ1v) is 7.34. The van der Waals surface area contributed by atoms with Crippen LogP contribution >= 0.6 is 0 Å². The topological polar surface area (TPSA) is 64.1 Å². The van der Waals surface area contributed by atoms with Crippen LogP contribution in [-0.4, -0.2) is 34.6 Å². The summed E-state index contributed by atoms with van der Waals surface area (Å²) in [6.07, 6.45) is -1.55. The zero-order chi connectivity index (χ0) is 19.4. The average molecular weight is 375 g/mol.